The third-order valence-corrected chi connectivity index (χ3v) is 7.73. The number of benzene rings is 1. The Hall–Kier alpha value is -1.65. The van der Waals surface area contributed by atoms with Gasteiger partial charge in [0.15, 0.2) is 5.78 Å². The summed E-state index contributed by atoms with van der Waals surface area (Å²) in [6.45, 7) is 4.19. The van der Waals surface area contributed by atoms with Gasteiger partial charge in [0.2, 0.25) is 5.91 Å². The van der Waals surface area contributed by atoms with E-state index in [9.17, 15) is 23.9 Å². The normalized spacial score (nSPS) is 24.0. The predicted octanol–water partition coefficient (Wildman–Crippen LogP) is 3.24. The highest BCUT2D eigenvalue weighted by molar-refractivity contribution is 7.81. The molecule has 0 aromatic heterocycles. The molecule has 3 aliphatic rings. The summed E-state index contributed by atoms with van der Waals surface area (Å²) in [5.74, 6) is -1.31. The van der Waals surface area contributed by atoms with Gasteiger partial charge in [-0.05, 0) is 37.8 Å². The molecule has 11 heteroatoms. The summed E-state index contributed by atoms with van der Waals surface area (Å²) in [5, 5.41) is 9.21. The zero-order valence-electron chi connectivity index (χ0n) is 20.2. The molecule has 36 heavy (non-hydrogen) atoms. The average Bonchev–Trinajstić information content (AvgIpc) is 3.66. The molecule has 200 valence electrons. The largest absolute Gasteiger partial charge is 0.480 e. The molecule has 4 rings (SSSR count). The van der Waals surface area contributed by atoms with Crippen molar-refractivity contribution in [1.82, 2.24) is 14.7 Å². The zero-order valence-corrected chi connectivity index (χ0v) is 22.7. The molecule has 3 fully saturated rings. The van der Waals surface area contributed by atoms with Gasteiger partial charge in [-0.3, -0.25) is 24.2 Å². The minimum absolute atomic E-state index is 0. The van der Waals surface area contributed by atoms with E-state index in [0.29, 0.717) is 38.3 Å². The smallest absolute Gasteiger partial charge is 0.320 e. The number of Topliss-reactive ketones (excluding diaryl/α,β-unsaturated/α-hetero) is 1. The van der Waals surface area contributed by atoms with Gasteiger partial charge in [-0.15, -0.1) is 24.8 Å². The maximum atomic E-state index is 14.7. The number of carboxylic acid groups (broad SMARTS) is 1. The topological polar surface area (TPSA) is 81.2 Å². The number of nitrogens with zero attached hydrogens (tertiary/aromatic N) is 3. The maximum absolute atomic E-state index is 14.7. The fraction of sp³-hybridized carbons (Fsp3) is 0.560. The van der Waals surface area contributed by atoms with Crippen LogP contribution in [-0.4, -0.2) is 88.0 Å². The van der Waals surface area contributed by atoms with Gasteiger partial charge in [0.05, 0.1) is 12.6 Å². The monoisotopic (exact) mass is 561 g/mol. The molecule has 3 atom stereocenters. The molecule has 2 heterocycles. The molecule has 0 radical (unpaired) electrons. The Morgan fingerprint density at radius 1 is 1.11 bits per heavy atom. The molecule has 1 aromatic carbocycles. The van der Waals surface area contributed by atoms with Crippen LogP contribution in [0.25, 0.3) is 0 Å². The number of thiol groups is 1. The SMILES string of the molecule is CC(C(=O)O)N1CCN(CC=C2CN(C(C(=O)C3CC3)c3ccccc3F)CCC2S)C(=O)C1.Cl.Cl. The second kappa shape index (κ2) is 13.2. The van der Waals surface area contributed by atoms with Crippen LogP contribution in [0.4, 0.5) is 4.39 Å². The maximum Gasteiger partial charge on any atom is 0.320 e. The summed E-state index contributed by atoms with van der Waals surface area (Å²) in [6, 6.07) is 5.20. The highest BCUT2D eigenvalue weighted by Crippen LogP contribution is 2.39. The van der Waals surface area contributed by atoms with E-state index in [2.05, 4.69) is 0 Å². The van der Waals surface area contributed by atoms with Crippen LogP contribution in [0.2, 0.25) is 0 Å². The first-order chi connectivity index (χ1) is 16.3. The Morgan fingerprint density at radius 3 is 2.42 bits per heavy atom. The van der Waals surface area contributed by atoms with Crippen LogP contribution < -0.4 is 0 Å². The Kier molecular flexibility index (Phi) is 11.2. The van der Waals surface area contributed by atoms with Crippen LogP contribution in [0, 0.1) is 11.7 Å². The van der Waals surface area contributed by atoms with Gasteiger partial charge in [0, 0.05) is 49.5 Å². The Labute approximate surface area is 229 Å². The van der Waals surface area contributed by atoms with E-state index in [1.807, 2.05) is 11.0 Å². The van der Waals surface area contributed by atoms with Crippen LogP contribution in [0.5, 0.6) is 0 Å². The number of amides is 1. The van der Waals surface area contributed by atoms with E-state index in [1.54, 1.807) is 34.9 Å². The molecule has 2 saturated heterocycles. The van der Waals surface area contributed by atoms with Crippen molar-refractivity contribution in [1.29, 1.82) is 0 Å². The summed E-state index contributed by atoms with van der Waals surface area (Å²) in [5.41, 5.74) is 1.45. The van der Waals surface area contributed by atoms with Gasteiger partial charge in [0.25, 0.3) is 0 Å². The number of hydrogen-bond donors (Lipinski definition) is 2. The number of carboxylic acids is 1. The van der Waals surface area contributed by atoms with Gasteiger partial charge in [-0.25, -0.2) is 4.39 Å². The Balaban J connectivity index is 0.00000228. The van der Waals surface area contributed by atoms with Crippen LogP contribution in [-0.2, 0) is 14.4 Å². The van der Waals surface area contributed by atoms with Gasteiger partial charge < -0.3 is 10.0 Å². The van der Waals surface area contributed by atoms with E-state index in [0.717, 1.165) is 24.8 Å². The third-order valence-electron chi connectivity index (χ3n) is 7.14. The van der Waals surface area contributed by atoms with Gasteiger partial charge in [0.1, 0.15) is 11.9 Å². The highest BCUT2D eigenvalue weighted by Gasteiger charge is 2.41. The summed E-state index contributed by atoms with van der Waals surface area (Å²) < 4.78 is 14.7. The van der Waals surface area contributed by atoms with E-state index >= 15 is 0 Å². The lowest BCUT2D eigenvalue weighted by molar-refractivity contribution is -0.146. The van der Waals surface area contributed by atoms with Crippen molar-refractivity contribution in [3.8, 4) is 0 Å². The van der Waals surface area contributed by atoms with Crippen molar-refractivity contribution in [2.75, 3.05) is 39.3 Å². The van der Waals surface area contributed by atoms with Crippen LogP contribution in [0.15, 0.2) is 35.9 Å². The molecule has 1 saturated carbocycles. The number of piperazine rings is 1. The highest BCUT2D eigenvalue weighted by atomic mass is 35.5. The number of hydrogen-bond acceptors (Lipinski definition) is 6. The molecular formula is C25H34Cl2FN3O4S. The molecule has 1 N–H and O–H groups in total. The molecular weight excluding hydrogens is 528 g/mol. The standard InChI is InChI=1S/C25H32FN3O4S.2ClH/c1-16(25(32)33)28-13-12-27(22(30)15-28)10-8-18-14-29(11-9-21(18)34)23(24(31)17-6-7-17)19-4-2-3-5-20(19)26;;/h2-5,8,16-17,21,23,34H,6-7,9-15H2,1H3,(H,32,33);2*1H. The molecule has 2 aliphatic heterocycles. The summed E-state index contributed by atoms with van der Waals surface area (Å²) >= 11 is 4.73. The van der Waals surface area contributed by atoms with Gasteiger partial charge >= 0.3 is 5.97 Å². The molecule has 3 unspecified atom stereocenters. The van der Waals surface area contributed by atoms with Crippen molar-refractivity contribution in [2.24, 2.45) is 5.92 Å². The molecule has 7 nitrogen and oxygen atoms in total. The van der Waals surface area contributed by atoms with Crippen molar-refractivity contribution in [2.45, 2.75) is 43.5 Å². The first-order valence-electron chi connectivity index (χ1n) is 11.9. The number of likely N-dealkylation sites (tertiary alicyclic amines) is 1. The molecule has 0 bridgehead atoms. The van der Waals surface area contributed by atoms with Crippen molar-refractivity contribution in [3.05, 3.63) is 47.3 Å². The third kappa shape index (κ3) is 7.01. The predicted molar refractivity (Wildman–Crippen MR) is 144 cm³/mol. The molecule has 1 amide bonds. The van der Waals surface area contributed by atoms with Crippen LogP contribution in [0.1, 0.15) is 37.8 Å². The number of halogens is 3. The second-order valence-corrected chi connectivity index (χ2v) is 10.1. The Bertz CT molecular complexity index is 994. The lowest BCUT2D eigenvalue weighted by atomic mass is 9.93. The van der Waals surface area contributed by atoms with Gasteiger partial charge in [-0.1, -0.05) is 24.3 Å². The van der Waals surface area contributed by atoms with E-state index < -0.39 is 18.1 Å². The lowest BCUT2D eigenvalue weighted by Gasteiger charge is -2.38. The summed E-state index contributed by atoms with van der Waals surface area (Å²) in [4.78, 5) is 42.4. The number of piperidine rings is 1. The summed E-state index contributed by atoms with van der Waals surface area (Å²) in [6.07, 6.45) is 4.46. The minimum Gasteiger partial charge on any atom is -0.480 e. The lowest BCUT2D eigenvalue weighted by Crippen LogP contribution is -2.54. The van der Waals surface area contributed by atoms with Crippen molar-refractivity contribution >= 4 is 55.1 Å². The molecule has 1 aromatic rings. The fourth-order valence-electron chi connectivity index (χ4n) is 4.77. The van der Waals surface area contributed by atoms with Crippen LogP contribution >= 0.6 is 37.4 Å². The van der Waals surface area contributed by atoms with Gasteiger partial charge in [-0.2, -0.15) is 12.6 Å². The molecule has 1 aliphatic carbocycles. The average molecular weight is 563 g/mol. The van der Waals surface area contributed by atoms with Crippen LogP contribution in [0.3, 0.4) is 0 Å². The summed E-state index contributed by atoms with van der Waals surface area (Å²) in [7, 11) is 0. The fourth-order valence-corrected chi connectivity index (χ4v) is 5.07. The number of carbonyl (C=O) groups excluding carboxylic acids is 2. The van der Waals surface area contributed by atoms with E-state index in [4.69, 9.17) is 12.6 Å². The number of carbonyl (C=O) groups is 3. The quantitative estimate of drug-likeness (QED) is 0.374. The first kappa shape index (κ1) is 30.6. The first-order valence-corrected chi connectivity index (χ1v) is 12.4. The van der Waals surface area contributed by atoms with E-state index in [1.165, 1.54) is 6.07 Å². The molecule has 0 spiro atoms. The minimum atomic E-state index is -0.936. The second-order valence-electron chi connectivity index (χ2n) is 9.48. The number of ketones is 1. The number of rotatable bonds is 8. The van der Waals surface area contributed by atoms with Crippen molar-refractivity contribution in [3.63, 3.8) is 0 Å². The number of aliphatic carboxylic acids is 1. The zero-order chi connectivity index (χ0) is 24.4. The van der Waals surface area contributed by atoms with E-state index in [-0.39, 0.29) is 60.0 Å². The Morgan fingerprint density at radius 2 is 1.81 bits per heavy atom. The van der Waals surface area contributed by atoms with Crippen molar-refractivity contribution < 1.29 is 23.9 Å².